The summed E-state index contributed by atoms with van der Waals surface area (Å²) < 4.78 is 42.4. The molecule has 0 amide bonds. The molecule has 6 rings (SSSR count). The Morgan fingerprint density at radius 2 is 1.74 bits per heavy atom. The van der Waals surface area contributed by atoms with E-state index in [0.29, 0.717) is 43.7 Å². The van der Waals surface area contributed by atoms with Crippen molar-refractivity contribution in [2.45, 2.75) is 19.3 Å². The molecule has 5 aromatic heterocycles. The van der Waals surface area contributed by atoms with Crippen LogP contribution in [0.15, 0.2) is 73.4 Å². The zero-order chi connectivity index (χ0) is 27.3. The number of aliphatic hydroxyl groups is 1. The molecular weight excluding hydrogens is 552 g/mol. The number of hydrogen-bond donors (Lipinski definition) is 1. The van der Waals surface area contributed by atoms with Crippen molar-refractivity contribution in [2.75, 3.05) is 0 Å². The van der Waals surface area contributed by atoms with Gasteiger partial charge in [0.25, 0.3) is 0 Å². The van der Waals surface area contributed by atoms with Gasteiger partial charge in [0.05, 0.1) is 46.3 Å². The minimum atomic E-state index is -4.52. The maximum Gasteiger partial charge on any atom is 0.433 e. The van der Waals surface area contributed by atoms with E-state index in [-0.39, 0.29) is 13.2 Å². The van der Waals surface area contributed by atoms with Crippen LogP contribution in [-0.2, 0) is 19.3 Å². The minimum Gasteiger partial charge on any atom is -0.390 e. The van der Waals surface area contributed by atoms with Crippen molar-refractivity contribution in [3.63, 3.8) is 0 Å². The smallest absolute Gasteiger partial charge is 0.390 e. The number of aliphatic hydroxyl groups excluding tert-OH is 1. The zero-order valence-corrected chi connectivity index (χ0v) is 21.4. The zero-order valence-electron chi connectivity index (χ0n) is 19.9. The number of nitrogens with zero attached hydrogens (tertiary/aromatic N) is 6. The van der Waals surface area contributed by atoms with Crippen LogP contribution in [0.1, 0.15) is 17.0 Å². The number of halogens is 5. The summed E-state index contributed by atoms with van der Waals surface area (Å²) >= 11 is 12.9. The van der Waals surface area contributed by atoms with Gasteiger partial charge in [0.15, 0.2) is 0 Å². The first-order chi connectivity index (χ1) is 18.7. The van der Waals surface area contributed by atoms with Crippen LogP contribution < -0.4 is 0 Å². The predicted molar refractivity (Wildman–Crippen MR) is 141 cm³/mol. The Morgan fingerprint density at radius 3 is 2.49 bits per heavy atom. The highest BCUT2D eigenvalue weighted by atomic mass is 35.5. The van der Waals surface area contributed by atoms with Crippen LogP contribution in [0.4, 0.5) is 13.2 Å². The molecule has 0 spiro atoms. The lowest BCUT2D eigenvalue weighted by molar-refractivity contribution is -0.141. The van der Waals surface area contributed by atoms with Gasteiger partial charge >= 0.3 is 6.18 Å². The SMILES string of the molecule is OCc1c(-c2c(Cl)cccc2Cl)nc2c3cc(-c4cnn(Cc5ccnc(C(F)(F)F)c5)c4)cnc3ccn12. The van der Waals surface area contributed by atoms with E-state index in [0.717, 1.165) is 28.8 Å². The molecule has 0 atom stereocenters. The summed E-state index contributed by atoms with van der Waals surface area (Å²) in [4.78, 5) is 12.8. The summed E-state index contributed by atoms with van der Waals surface area (Å²) in [5, 5.41) is 16.1. The Labute approximate surface area is 229 Å². The second kappa shape index (κ2) is 9.64. The van der Waals surface area contributed by atoms with Crippen molar-refractivity contribution in [3.8, 4) is 22.4 Å². The molecule has 1 N–H and O–H groups in total. The molecular formula is C27H17Cl2F3N6O. The van der Waals surface area contributed by atoms with Crippen LogP contribution in [0.25, 0.3) is 38.9 Å². The lowest BCUT2D eigenvalue weighted by atomic mass is 10.1. The van der Waals surface area contributed by atoms with E-state index >= 15 is 0 Å². The molecule has 0 bridgehead atoms. The third-order valence-electron chi connectivity index (χ3n) is 6.33. The maximum atomic E-state index is 13.0. The van der Waals surface area contributed by atoms with Crippen molar-refractivity contribution in [2.24, 2.45) is 0 Å². The summed E-state index contributed by atoms with van der Waals surface area (Å²) in [6.07, 6.45) is 3.43. The number of hydrogen-bond acceptors (Lipinski definition) is 5. The highest BCUT2D eigenvalue weighted by Gasteiger charge is 2.32. The molecule has 0 aliphatic heterocycles. The number of pyridine rings is 3. The fraction of sp³-hybridized carbons (Fsp3) is 0.111. The third-order valence-corrected chi connectivity index (χ3v) is 6.96. The van der Waals surface area contributed by atoms with Gasteiger partial charge in [0.1, 0.15) is 11.3 Å². The van der Waals surface area contributed by atoms with Crippen LogP contribution in [0, 0.1) is 0 Å². The van der Waals surface area contributed by atoms with Crippen molar-refractivity contribution in [1.29, 1.82) is 0 Å². The molecule has 0 saturated heterocycles. The molecule has 0 unspecified atom stereocenters. The monoisotopic (exact) mass is 568 g/mol. The maximum absolute atomic E-state index is 13.0. The van der Waals surface area contributed by atoms with E-state index < -0.39 is 11.9 Å². The lowest BCUT2D eigenvalue weighted by Crippen LogP contribution is -2.09. The van der Waals surface area contributed by atoms with Gasteiger partial charge in [-0.2, -0.15) is 18.3 Å². The van der Waals surface area contributed by atoms with Crippen molar-refractivity contribution in [1.82, 2.24) is 29.1 Å². The number of rotatable bonds is 5. The van der Waals surface area contributed by atoms with Gasteiger partial charge in [0, 0.05) is 46.9 Å². The average Bonchev–Trinajstić information content (AvgIpc) is 3.52. The number of aromatic nitrogens is 6. The fourth-order valence-electron chi connectivity index (χ4n) is 4.50. The van der Waals surface area contributed by atoms with Crippen molar-refractivity contribution >= 4 is 39.8 Å². The second-order valence-corrected chi connectivity index (χ2v) is 9.62. The molecule has 7 nitrogen and oxygen atoms in total. The summed E-state index contributed by atoms with van der Waals surface area (Å²) in [5.41, 5.74) is 3.68. The molecule has 5 heterocycles. The Morgan fingerprint density at radius 1 is 0.949 bits per heavy atom. The second-order valence-electron chi connectivity index (χ2n) is 8.80. The molecule has 196 valence electrons. The van der Waals surface area contributed by atoms with Gasteiger partial charge in [-0.1, -0.05) is 29.3 Å². The van der Waals surface area contributed by atoms with Crippen LogP contribution in [0.2, 0.25) is 10.0 Å². The first-order valence-electron chi connectivity index (χ1n) is 11.6. The Balaban J connectivity index is 1.41. The number of benzene rings is 1. The van der Waals surface area contributed by atoms with E-state index in [1.807, 2.05) is 12.1 Å². The standard InChI is InChI=1S/C27H17Cl2F3N6O/c28-19-2-1-3-20(29)24(19)25-22(14-39)38-7-5-21-18(26(38)36-25)9-16(10-34-21)17-11-35-37(13-17)12-15-4-6-33-23(8-15)27(30,31)32/h1-11,13,39H,12,14H2. The van der Waals surface area contributed by atoms with Crippen LogP contribution in [0.5, 0.6) is 0 Å². The average molecular weight is 569 g/mol. The van der Waals surface area contributed by atoms with Crippen molar-refractivity contribution < 1.29 is 18.3 Å². The Hall–Kier alpha value is -3.99. The quantitative estimate of drug-likeness (QED) is 0.251. The van der Waals surface area contributed by atoms with Gasteiger partial charge in [-0.15, -0.1) is 0 Å². The number of alkyl halides is 3. The Bertz CT molecular complexity index is 1840. The number of fused-ring (bicyclic) bond motifs is 3. The molecule has 1 aromatic carbocycles. The van der Waals surface area contributed by atoms with Gasteiger partial charge in [0.2, 0.25) is 0 Å². The van der Waals surface area contributed by atoms with E-state index in [4.69, 9.17) is 28.2 Å². The third kappa shape index (κ3) is 4.60. The normalized spacial score (nSPS) is 12.1. The van der Waals surface area contributed by atoms with Crippen LogP contribution >= 0.6 is 23.2 Å². The number of imidazole rings is 1. The summed E-state index contributed by atoms with van der Waals surface area (Å²) in [6, 6.07) is 11.4. The van der Waals surface area contributed by atoms with E-state index in [1.165, 1.54) is 6.07 Å². The first kappa shape index (κ1) is 25.3. The molecule has 6 aromatic rings. The highest BCUT2D eigenvalue weighted by molar-refractivity contribution is 6.39. The highest BCUT2D eigenvalue weighted by Crippen LogP contribution is 2.38. The van der Waals surface area contributed by atoms with Gasteiger partial charge < -0.3 is 9.51 Å². The minimum absolute atomic E-state index is 0.138. The van der Waals surface area contributed by atoms with Crippen LogP contribution in [-0.4, -0.2) is 34.2 Å². The summed E-state index contributed by atoms with van der Waals surface area (Å²) in [7, 11) is 0. The predicted octanol–water partition coefficient (Wildman–Crippen LogP) is 6.67. The van der Waals surface area contributed by atoms with Crippen LogP contribution in [0.3, 0.4) is 0 Å². The van der Waals surface area contributed by atoms with E-state index in [9.17, 15) is 18.3 Å². The van der Waals surface area contributed by atoms with Crippen molar-refractivity contribution in [3.05, 3.63) is 100 Å². The molecule has 39 heavy (non-hydrogen) atoms. The molecule has 0 radical (unpaired) electrons. The lowest BCUT2D eigenvalue weighted by Gasteiger charge is -2.07. The molecule has 0 aliphatic carbocycles. The topological polar surface area (TPSA) is 81.1 Å². The molecule has 0 saturated carbocycles. The largest absolute Gasteiger partial charge is 0.433 e. The summed E-state index contributed by atoms with van der Waals surface area (Å²) in [5.74, 6) is 0. The van der Waals surface area contributed by atoms with E-state index in [2.05, 4.69) is 15.1 Å². The summed E-state index contributed by atoms with van der Waals surface area (Å²) in [6.45, 7) is -0.159. The molecule has 0 fully saturated rings. The molecule has 12 heteroatoms. The Kier molecular flexibility index (Phi) is 6.25. The first-order valence-corrected chi connectivity index (χ1v) is 12.4. The van der Waals surface area contributed by atoms with Gasteiger partial charge in [-0.3, -0.25) is 14.6 Å². The van der Waals surface area contributed by atoms with Gasteiger partial charge in [-0.05, 0) is 42.0 Å². The fourth-order valence-corrected chi connectivity index (χ4v) is 5.07. The van der Waals surface area contributed by atoms with Gasteiger partial charge in [-0.25, -0.2) is 4.98 Å². The molecule has 0 aliphatic rings. The van der Waals surface area contributed by atoms with E-state index in [1.54, 1.807) is 52.1 Å².